The van der Waals surface area contributed by atoms with Crippen LogP contribution in [-0.4, -0.2) is 20.2 Å². The minimum absolute atomic E-state index is 0.0393. The predicted octanol–water partition coefficient (Wildman–Crippen LogP) is 4.32. The summed E-state index contributed by atoms with van der Waals surface area (Å²) in [6.07, 6.45) is 1.47. The van der Waals surface area contributed by atoms with E-state index in [4.69, 9.17) is 4.42 Å². The molecule has 2 heterocycles. The topological polar surface area (TPSA) is 118 Å². The summed E-state index contributed by atoms with van der Waals surface area (Å²) in [6, 6.07) is 19.2. The molecule has 0 radical (unpaired) electrons. The molecule has 0 atom stereocenters. The Balaban J connectivity index is 1.34. The lowest BCUT2D eigenvalue weighted by atomic mass is 10.2. The Morgan fingerprint density at radius 1 is 0.818 bits per heavy atom. The number of hydrogen-bond donors (Lipinski definition) is 3. The van der Waals surface area contributed by atoms with E-state index in [1.54, 1.807) is 48.5 Å². The van der Waals surface area contributed by atoms with Crippen LogP contribution in [0.2, 0.25) is 0 Å². The number of carbonyl (C=O) groups is 2. The van der Waals surface area contributed by atoms with Crippen LogP contribution >= 0.6 is 11.3 Å². The Labute approximate surface area is 194 Å². The van der Waals surface area contributed by atoms with Gasteiger partial charge in [-0.15, -0.1) is 11.3 Å². The summed E-state index contributed by atoms with van der Waals surface area (Å²) in [5.41, 5.74) is 1.41. The van der Waals surface area contributed by atoms with Crippen molar-refractivity contribution in [3.63, 3.8) is 0 Å². The molecule has 0 aliphatic rings. The van der Waals surface area contributed by atoms with Gasteiger partial charge < -0.3 is 15.1 Å². The van der Waals surface area contributed by atoms with Gasteiger partial charge in [0.25, 0.3) is 11.8 Å². The molecule has 8 nitrogen and oxygen atoms in total. The summed E-state index contributed by atoms with van der Waals surface area (Å²) in [7, 11) is -3.72. The van der Waals surface area contributed by atoms with Crippen LogP contribution in [0, 0.1) is 0 Å². The maximum Gasteiger partial charge on any atom is 0.265 e. The number of benzene rings is 2. The molecule has 2 amide bonds. The quantitative estimate of drug-likeness (QED) is 0.346. The van der Waals surface area contributed by atoms with E-state index in [9.17, 15) is 18.0 Å². The largest absolute Gasteiger partial charge is 0.468 e. The van der Waals surface area contributed by atoms with Gasteiger partial charge in [0.05, 0.1) is 22.6 Å². The molecule has 0 aliphatic heterocycles. The van der Waals surface area contributed by atoms with Gasteiger partial charge in [0, 0.05) is 16.9 Å². The van der Waals surface area contributed by atoms with E-state index >= 15 is 0 Å². The van der Waals surface area contributed by atoms with Crippen LogP contribution in [0.3, 0.4) is 0 Å². The minimum Gasteiger partial charge on any atom is -0.468 e. The first-order chi connectivity index (χ1) is 15.9. The Kier molecular flexibility index (Phi) is 6.68. The van der Waals surface area contributed by atoms with Crippen molar-refractivity contribution in [1.82, 2.24) is 4.72 Å². The second-order valence-electron chi connectivity index (χ2n) is 6.89. The van der Waals surface area contributed by atoms with Crippen molar-refractivity contribution in [2.75, 3.05) is 10.6 Å². The fourth-order valence-electron chi connectivity index (χ4n) is 2.89. The molecule has 0 unspecified atom stereocenters. The van der Waals surface area contributed by atoms with Crippen LogP contribution in [0.25, 0.3) is 0 Å². The number of nitrogens with one attached hydrogen (secondary N) is 3. The normalized spacial score (nSPS) is 11.2. The third kappa shape index (κ3) is 5.75. The first kappa shape index (κ1) is 22.5. The molecule has 4 aromatic rings. The van der Waals surface area contributed by atoms with Crippen LogP contribution in [0.1, 0.15) is 25.8 Å². The Hall–Kier alpha value is -3.73. The first-order valence-corrected chi connectivity index (χ1v) is 12.2. The van der Waals surface area contributed by atoms with E-state index in [-0.39, 0.29) is 23.3 Å². The predicted molar refractivity (Wildman–Crippen MR) is 126 cm³/mol. The van der Waals surface area contributed by atoms with Gasteiger partial charge in [-0.2, -0.15) is 0 Å². The standard InChI is InChI=1S/C23H19N3O5S2/c27-22(16-5-7-17(8-6-16)26-23(28)21-4-2-14-32-21)25-18-9-11-20(12-10-18)33(29,30)24-15-19-3-1-13-31-19/h1-14,24H,15H2,(H,25,27)(H,26,28). The molecule has 33 heavy (non-hydrogen) atoms. The summed E-state index contributed by atoms with van der Waals surface area (Å²) in [5, 5.41) is 7.31. The van der Waals surface area contributed by atoms with Crippen molar-refractivity contribution in [3.05, 3.63) is 101 Å². The van der Waals surface area contributed by atoms with Gasteiger partial charge >= 0.3 is 0 Å². The van der Waals surface area contributed by atoms with Crippen molar-refractivity contribution < 1.29 is 22.4 Å². The third-order valence-electron chi connectivity index (χ3n) is 4.59. The number of sulfonamides is 1. The summed E-state index contributed by atoms with van der Waals surface area (Å²) in [6.45, 7) is 0.0393. The molecule has 2 aromatic carbocycles. The minimum atomic E-state index is -3.72. The molecule has 0 spiro atoms. The van der Waals surface area contributed by atoms with Crippen LogP contribution < -0.4 is 15.4 Å². The lowest BCUT2D eigenvalue weighted by Crippen LogP contribution is -2.23. The second-order valence-corrected chi connectivity index (χ2v) is 9.61. The van der Waals surface area contributed by atoms with Crippen molar-refractivity contribution in [2.45, 2.75) is 11.4 Å². The van der Waals surface area contributed by atoms with E-state index in [2.05, 4.69) is 15.4 Å². The van der Waals surface area contributed by atoms with Crippen molar-refractivity contribution in [1.29, 1.82) is 0 Å². The van der Waals surface area contributed by atoms with Crippen LogP contribution in [0.4, 0.5) is 11.4 Å². The SMILES string of the molecule is O=C(Nc1ccc(S(=O)(=O)NCc2ccco2)cc1)c1ccc(NC(=O)c2cccs2)cc1. The highest BCUT2D eigenvalue weighted by molar-refractivity contribution is 7.89. The highest BCUT2D eigenvalue weighted by Crippen LogP contribution is 2.17. The van der Waals surface area contributed by atoms with E-state index in [0.717, 1.165) is 0 Å². The zero-order valence-electron chi connectivity index (χ0n) is 17.1. The maximum atomic E-state index is 12.5. The van der Waals surface area contributed by atoms with E-state index in [1.165, 1.54) is 41.9 Å². The maximum absolute atomic E-state index is 12.5. The zero-order valence-corrected chi connectivity index (χ0v) is 18.8. The fraction of sp³-hybridized carbons (Fsp3) is 0.0435. The van der Waals surface area contributed by atoms with Gasteiger partial charge in [0.2, 0.25) is 10.0 Å². The van der Waals surface area contributed by atoms with Gasteiger partial charge in [-0.1, -0.05) is 6.07 Å². The van der Waals surface area contributed by atoms with E-state index < -0.39 is 10.0 Å². The van der Waals surface area contributed by atoms with Crippen LogP contribution in [0.5, 0.6) is 0 Å². The molecule has 4 rings (SSSR count). The summed E-state index contributed by atoms with van der Waals surface area (Å²) < 4.78 is 32.4. The molecule has 3 N–H and O–H groups in total. The molecule has 168 valence electrons. The molecule has 0 bridgehead atoms. The Morgan fingerprint density at radius 3 is 2.09 bits per heavy atom. The van der Waals surface area contributed by atoms with E-state index in [1.807, 2.05) is 5.38 Å². The smallest absolute Gasteiger partial charge is 0.265 e. The van der Waals surface area contributed by atoms with Gasteiger partial charge in [0.1, 0.15) is 5.76 Å². The number of rotatable bonds is 8. The highest BCUT2D eigenvalue weighted by atomic mass is 32.2. The van der Waals surface area contributed by atoms with Gasteiger partial charge in [-0.3, -0.25) is 9.59 Å². The average Bonchev–Trinajstić information content (AvgIpc) is 3.53. The third-order valence-corrected chi connectivity index (χ3v) is 6.87. The van der Waals surface area contributed by atoms with Gasteiger partial charge in [0.15, 0.2) is 0 Å². The first-order valence-electron chi connectivity index (χ1n) is 9.79. The fourth-order valence-corrected chi connectivity index (χ4v) is 4.50. The van der Waals surface area contributed by atoms with Crippen molar-refractivity contribution >= 4 is 44.5 Å². The van der Waals surface area contributed by atoms with Crippen molar-refractivity contribution in [3.8, 4) is 0 Å². The number of anilines is 2. The monoisotopic (exact) mass is 481 g/mol. The van der Waals surface area contributed by atoms with Crippen LogP contribution in [-0.2, 0) is 16.6 Å². The number of carbonyl (C=O) groups excluding carboxylic acids is 2. The lowest BCUT2D eigenvalue weighted by Gasteiger charge is -2.09. The second kappa shape index (κ2) is 9.82. The summed E-state index contributed by atoms with van der Waals surface area (Å²) in [5.74, 6) is -0.0758. The molecular weight excluding hydrogens is 462 g/mol. The molecule has 0 aliphatic carbocycles. The Bertz CT molecular complexity index is 1330. The number of furan rings is 1. The molecule has 10 heteroatoms. The molecule has 0 saturated carbocycles. The molecule has 0 saturated heterocycles. The highest BCUT2D eigenvalue weighted by Gasteiger charge is 2.15. The summed E-state index contributed by atoms with van der Waals surface area (Å²) >= 11 is 1.34. The zero-order chi connectivity index (χ0) is 23.3. The summed E-state index contributed by atoms with van der Waals surface area (Å²) in [4.78, 5) is 25.3. The number of thiophene rings is 1. The van der Waals surface area contributed by atoms with E-state index in [0.29, 0.717) is 27.6 Å². The number of amides is 2. The molecule has 0 fully saturated rings. The molecule has 2 aromatic heterocycles. The van der Waals surface area contributed by atoms with Gasteiger partial charge in [-0.25, -0.2) is 13.1 Å². The van der Waals surface area contributed by atoms with Gasteiger partial charge in [-0.05, 0) is 72.1 Å². The van der Waals surface area contributed by atoms with Crippen LogP contribution in [0.15, 0.2) is 93.8 Å². The average molecular weight is 482 g/mol. The molecular formula is C23H19N3O5S2. The lowest BCUT2D eigenvalue weighted by molar-refractivity contribution is 0.102. The van der Waals surface area contributed by atoms with Crippen molar-refractivity contribution in [2.24, 2.45) is 0 Å². The Morgan fingerprint density at radius 2 is 1.48 bits per heavy atom. The number of hydrogen-bond acceptors (Lipinski definition) is 6.